The van der Waals surface area contributed by atoms with E-state index in [4.69, 9.17) is 14.7 Å². The Morgan fingerprint density at radius 3 is 1.83 bits per heavy atom. The van der Waals surface area contributed by atoms with Gasteiger partial charge in [0, 0.05) is 0 Å². The van der Waals surface area contributed by atoms with Gasteiger partial charge in [-0.1, -0.05) is 24.3 Å². The second-order valence-corrected chi connectivity index (χ2v) is 17.8. The number of hydrogen-bond donors (Lipinski definition) is 0. The fourth-order valence-corrected chi connectivity index (χ4v) is 11.0. The first-order valence-corrected chi connectivity index (χ1v) is 22.7. The number of para-hydroxylation sites is 6. The molecule has 2 aromatic heterocycles. The predicted octanol–water partition coefficient (Wildman–Crippen LogP) is 12.2. The van der Waals surface area contributed by atoms with Crippen LogP contribution in [0.1, 0.15) is 0 Å². The summed E-state index contributed by atoms with van der Waals surface area (Å²) in [4.78, 5) is 17.2. The van der Waals surface area contributed by atoms with Crippen molar-refractivity contribution in [3.8, 4) is 39.4 Å². The first-order chi connectivity index (χ1) is 31.2. The molecule has 0 saturated carbocycles. The second kappa shape index (κ2) is 15.5. The van der Waals surface area contributed by atoms with Crippen LogP contribution in [0.4, 0.5) is 40.1 Å². The zero-order chi connectivity index (χ0) is 41.7. The molecule has 0 aliphatic carbocycles. The maximum atomic E-state index is 6.84. The summed E-state index contributed by atoms with van der Waals surface area (Å²) in [6.45, 7) is 0.691. The summed E-state index contributed by atoms with van der Waals surface area (Å²) in [5, 5.41) is 0. The summed E-state index contributed by atoms with van der Waals surface area (Å²) in [6.07, 6.45) is 3.88. The molecule has 4 heterocycles. The van der Waals surface area contributed by atoms with Gasteiger partial charge in [0.2, 0.25) is 0 Å². The van der Waals surface area contributed by atoms with Gasteiger partial charge in [-0.25, -0.2) is 0 Å². The zero-order valence-electron chi connectivity index (χ0n) is 34.0. The van der Waals surface area contributed by atoms with Crippen LogP contribution in [-0.2, 0) is 0 Å². The third kappa shape index (κ3) is 6.52. The maximum absolute atomic E-state index is 6.84. The summed E-state index contributed by atoms with van der Waals surface area (Å²) in [5.74, 6) is 2.27. The zero-order valence-corrected chi connectivity index (χ0v) is 35.7. The van der Waals surface area contributed by atoms with E-state index in [1.165, 1.54) is 14.6 Å². The Labute approximate surface area is 371 Å². The number of nitrogens with zero attached hydrogens (tertiary/aromatic N) is 6. The molecule has 0 bridgehead atoms. The molecule has 0 unspecified atom stereocenters. The van der Waals surface area contributed by atoms with Crippen LogP contribution < -0.4 is 28.4 Å². The molecule has 63 heavy (non-hydrogen) atoms. The van der Waals surface area contributed by atoms with E-state index in [1.54, 1.807) is 0 Å². The average molecular weight is 878 g/mol. The van der Waals surface area contributed by atoms with Gasteiger partial charge in [-0.05, 0) is 12.1 Å². The second-order valence-electron chi connectivity index (χ2n) is 15.5. The van der Waals surface area contributed by atoms with Gasteiger partial charge in [0.1, 0.15) is 0 Å². The molecular formula is C55H38N6OSe. The number of fused-ring (bicyclic) bond motifs is 4. The van der Waals surface area contributed by atoms with E-state index in [0.29, 0.717) is 6.67 Å². The van der Waals surface area contributed by atoms with Crippen LogP contribution >= 0.6 is 0 Å². The SMILES string of the molecule is c1ccc(-c2cccc(-c3ccccc3)c2-n2c(N3c4cnccc4[Se]c4ccc(Oc5cccc(N6CN(c7ccccc7)c7ccccc76)c5)cc43)nc3ccccc32)cc1. The minimum atomic E-state index is 0.0182. The molecule has 0 amide bonds. The van der Waals surface area contributed by atoms with Crippen molar-refractivity contribution in [3.05, 3.63) is 219 Å². The molecular weight excluding hydrogens is 840 g/mol. The molecule has 8 aromatic carbocycles. The van der Waals surface area contributed by atoms with Gasteiger partial charge < -0.3 is 0 Å². The van der Waals surface area contributed by atoms with Crippen molar-refractivity contribution in [1.29, 1.82) is 0 Å². The van der Waals surface area contributed by atoms with Crippen LogP contribution in [-0.4, -0.2) is 36.2 Å². The van der Waals surface area contributed by atoms with E-state index in [0.717, 1.165) is 84.9 Å². The van der Waals surface area contributed by atoms with E-state index in [2.05, 4.69) is 219 Å². The van der Waals surface area contributed by atoms with Gasteiger partial charge in [0.15, 0.2) is 0 Å². The normalized spacial score (nSPS) is 12.9. The van der Waals surface area contributed by atoms with Crippen molar-refractivity contribution in [2.75, 3.05) is 21.4 Å². The van der Waals surface area contributed by atoms with Crippen molar-refractivity contribution in [3.63, 3.8) is 0 Å². The molecule has 2 aliphatic rings. The summed E-state index contributed by atoms with van der Waals surface area (Å²) < 4.78 is 11.7. The molecule has 0 fully saturated rings. The molecule has 0 atom stereocenters. The molecule has 7 nitrogen and oxygen atoms in total. The summed E-state index contributed by atoms with van der Waals surface area (Å²) in [6, 6.07) is 72.5. The molecule has 12 rings (SSSR count). The van der Waals surface area contributed by atoms with E-state index in [1.807, 2.05) is 18.5 Å². The molecule has 0 saturated heterocycles. The number of benzene rings is 8. The number of anilines is 7. The first-order valence-electron chi connectivity index (χ1n) is 21.0. The Morgan fingerprint density at radius 2 is 1.08 bits per heavy atom. The van der Waals surface area contributed by atoms with Crippen molar-refractivity contribution in [2.24, 2.45) is 0 Å². The molecule has 300 valence electrons. The number of hydrogen-bond acceptors (Lipinski definition) is 6. The van der Waals surface area contributed by atoms with Crippen LogP contribution in [0.15, 0.2) is 219 Å². The van der Waals surface area contributed by atoms with Crippen LogP contribution in [0.5, 0.6) is 11.5 Å². The van der Waals surface area contributed by atoms with E-state index < -0.39 is 0 Å². The molecule has 0 spiro atoms. The Morgan fingerprint density at radius 1 is 0.476 bits per heavy atom. The van der Waals surface area contributed by atoms with Crippen LogP contribution in [0, 0.1) is 0 Å². The fourth-order valence-electron chi connectivity index (χ4n) is 8.90. The number of rotatable bonds is 8. The van der Waals surface area contributed by atoms with Gasteiger partial charge in [0.05, 0.1) is 0 Å². The minimum absolute atomic E-state index is 0.0182. The Bertz CT molecular complexity index is 3240. The van der Waals surface area contributed by atoms with Gasteiger partial charge in [-0.3, -0.25) is 0 Å². The monoisotopic (exact) mass is 878 g/mol. The van der Waals surface area contributed by atoms with Crippen LogP contribution in [0.3, 0.4) is 0 Å². The average Bonchev–Trinajstić information content (AvgIpc) is 3.93. The molecule has 10 aromatic rings. The Balaban J connectivity index is 0.992. The Hall–Kier alpha value is -7.90. The molecule has 8 heteroatoms. The Kier molecular flexibility index (Phi) is 9.10. The fraction of sp³-hybridized carbons (Fsp3) is 0.0182. The number of ether oxygens (including phenoxy) is 1. The third-order valence-corrected chi connectivity index (χ3v) is 14.1. The predicted molar refractivity (Wildman–Crippen MR) is 258 cm³/mol. The molecule has 0 radical (unpaired) electrons. The molecule has 2 aliphatic heterocycles. The topological polar surface area (TPSA) is 49.7 Å². The number of aromatic nitrogens is 3. The van der Waals surface area contributed by atoms with Crippen molar-refractivity contribution in [2.45, 2.75) is 0 Å². The molecule has 0 N–H and O–H groups in total. The van der Waals surface area contributed by atoms with Gasteiger partial charge >= 0.3 is 337 Å². The van der Waals surface area contributed by atoms with E-state index in [-0.39, 0.29) is 15.0 Å². The van der Waals surface area contributed by atoms with Gasteiger partial charge in [-0.15, -0.1) is 0 Å². The van der Waals surface area contributed by atoms with Gasteiger partial charge in [-0.2, -0.15) is 0 Å². The van der Waals surface area contributed by atoms with Gasteiger partial charge in [0.25, 0.3) is 0 Å². The van der Waals surface area contributed by atoms with Crippen LogP contribution in [0.25, 0.3) is 39.0 Å². The standard InChI is InChI=1S/C55H38N6OSe/c1-4-16-38(17-5-1)44-24-15-25-45(39-18-6-2-7-19-39)54(44)61-47-27-11-10-26-46(47)57-55(61)60-50-35-43(30-31-52(50)63-53-32-33-56-36-51(53)60)62-42-23-14-22-41(34-42)59-37-58(40-20-8-3-9-21-40)48-28-12-13-29-49(48)59/h1-36H,37H2. The number of imidazole rings is 1. The van der Waals surface area contributed by atoms with Crippen LogP contribution in [0.2, 0.25) is 0 Å². The summed E-state index contributed by atoms with van der Waals surface area (Å²) in [7, 11) is 0. The third-order valence-electron chi connectivity index (χ3n) is 11.7. The number of pyridine rings is 1. The van der Waals surface area contributed by atoms with Crippen molar-refractivity contribution >= 4 is 75.0 Å². The summed E-state index contributed by atoms with van der Waals surface area (Å²) in [5.41, 5.74) is 14.0. The van der Waals surface area contributed by atoms with E-state index >= 15 is 0 Å². The van der Waals surface area contributed by atoms with Crippen molar-refractivity contribution in [1.82, 2.24) is 14.5 Å². The van der Waals surface area contributed by atoms with E-state index in [9.17, 15) is 0 Å². The summed E-state index contributed by atoms with van der Waals surface area (Å²) >= 11 is 0.0182. The first kappa shape index (κ1) is 36.9. The van der Waals surface area contributed by atoms with Crippen molar-refractivity contribution < 1.29 is 4.74 Å². The quantitative estimate of drug-likeness (QED) is 0.142.